The van der Waals surface area contributed by atoms with Crippen LogP contribution in [0.4, 0.5) is 4.39 Å². The number of carbonyl (C=O) groups excluding carboxylic acids is 1. The van der Waals surface area contributed by atoms with Gasteiger partial charge in [-0.15, -0.1) is 0 Å². The van der Waals surface area contributed by atoms with Crippen molar-refractivity contribution in [1.82, 2.24) is 5.32 Å². The lowest BCUT2D eigenvalue weighted by Crippen LogP contribution is -2.39. The third-order valence-corrected chi connectivity index (χ3v) is 6.28. The number of carbonyl (C=O) groups is 1. The zero-order valence-corrected chi connectivity index (χ0v) is 13.7. The van der Waals surface area contributed by atoms with E-state index in [1.807, 2.05) is 0 Å². The zero-order valence-electron chi connectivity index (χ0n) is 12.8. The van der Waals surface area contributed by atoms with Gasteiger partial charge in [0.1, 0.15) is 5.82 Å². The molecule has 1 aromatic carbocycles. The predicted octanol–water partition coefficient (Wildman–Crippen LogP) is 2.11. The molecule has 0 aromatic heterocycles. The largest absolute Gasteiger partial charge is 0.351 e. The summed E-state index contributed by atoms with van der Waals surface area (Å²) in [4.78, 5) is 12.2. The fourth-order valence-corrected chi connectivity index (χ4v) is 4.82. The molecule has 1 aliphatic carbocycles. The van der Waals surface area contributed by atoms with Crippen LogP contribution in [0.5, 0.6) is 0 Å². The summed E-state index contributed by atoms with van der Waals surface area (Å²) in [7, 11) is -3.15. The van der Waals surface area contributed by atoms with Gasteiger partial charge >= 0.3 is 0 Å². The van der Waals surface area contributed by atoms with Gasteiger partial charge in [-0.25, -0.2) is 12.8 Å². The van der Waals surface area contributed by atoms with Crippen molar-refractivity contribution >= 4 is 15.7 Å². The molecule has 124 valence electrons. The first-order chi connectivity index (χ1) is 10.9. The van der Waals surface area contributed by atoms with E-state index in [4.69, 9.17) is 0 Å². The van der Waals surface area contributed by atoms with Crippen LogP contribution in [0, 0.1) is 5.82 Å². The summed E-state index contributed by atoms with van der Waals surface area (Å²) in [6.07, 6.45) is 5.52. The number of sulfone groups is 1. The molecule has 0 spiro atoms. The number of halogens is 1. The molecule has 6 heteroatoms. The zero-order chi connectivity index (χ0) is 16.5. The number of hydrogen-bond donors (Lipinski definition) is 1. The van der Waals surface area contributed by atoms with Crippen molar-refractivity contribution in [3.05, 3.63) is 47.3 Å². The van der Waals surface area contributed by atoms with E-state index in [-0.39, 0.29) is 28.6 Å². The molecule has 1 amide bonds. The Labute approximate surface area is 135 Å². The standard InChI is InChI=1S/C17H20FNO3S/c18-15-5-3-14(4-6-15)17(8-1-2-9-17)12-19-16(20)13-7-10-23(21,22)11-13/h3-7H,1-2,8-12H2,(H,19,20). The van der Waals surface area contributed by atoms with Crippen molar-refractivity contribution < 1.29 is 17.6 Å². The minimum Gasteiger partial charge on any atom is -0.351 e. The molecule has 1 heterocycles. The van der Waals surface area contributed by atoms with Crippen LogP contribution in [-0.4, -0.2) is 32.4 Å². The molecular weight excluding hydrogens is 317 g/mol. The number of hydrogen-bond acceptors (Lipinski definition) is 3. The second-order valence-corrected chi connectivity index (χ2v) is 8.57. The first-order valence-corrected chi connectivity index (χ1v) is 9.66. The van der Waals surface area contributed by atoms with Gasteiger partial charge in [-0.3, -0.25) is 4.79 Å². The van der Waals surface area contributed by atoms with Gasteiger partial charge in [0.15, 0.2) is 9.84 Å². The molecule has 0 radical (unpaired) electrons. The number of rotatable bonds is 4. The molecule has 2 aliphatic rings. The molecule has 23 heavy (non-hydrogen) atoms. The Hall–Kier alpha value is -1.69. The Bertz CT molecular complexity index is 732. The van der Waals surface area contributed by atoms with Crippen molar-refractivity contribution in [2.24, 2.45) is 0 Å². The number of amides is 1. The van der Waals surface area contributed by atoms with Crippen molar-refractivity contribution in [2.75, 3.05) is 18.1 Å². The molecule has 0 bridgehead atoms. The van der Waals surface area contributed by atoms with Gasteiger partial charge in [0.2, 0.25) is 5.91 Å². The lowest BCUT2D eigenvalue weighted by atomic mass is 9.78. The van der Waals surface area contributed by atoms with Gasteiger partial charge in [-0.05, 0) is 30.5 Å². The second-order valence-electron chi connectivity index (χ2n) is 6.46. The molecule has 3 rings (SSSR count). The summed E-state index contributed by atoms with van der Waals surface area (Å²) in [6, 6.07) is 6.46. The van der Waals surface area contributed by atoms with Crippen molar-refractivity contribution in [1.29, 1.82) is 0 Å². The van der Waals surface area contributed by atoms with Crippen LogP contribution >= 0.6 is 0 Å². The van der Waals surface area contributed by atoms with Gasteiger partial charge in [0, 0.05) is 17.5 Å². The summed E-state index contributed by atoms with van der Waals surface area (Å²) in [6.45, 7) is 0.453. The van der Waals surface area contributed by atoms with Crippen LogP contribution in [0.15, 0.2) is 35.9 Å². The van der Waals surface area contributed by atoms with Crippen LogP contribution in [0.3, 0.4) is 0 Å². The number of nitrogens with one attached hydrogen (secondary N) is 1. The first-order valence-electron chi connectivity index (χ1n) is 7.84. The quantitative estimate of drug-likeness (QED) is 0.915. The molecule has 1 aliphatic heterocycles. The second kappa shape index (κ2) is 6.07. The Balaban J connectivity index is 1.71. The average Bonchev–Trinajstić information content (AvgIpc) is 3.13. The molecule has 1 saturated carbocycles. The third-order valence-electron chi connectivity index (χ3n) is 4.86. The summed E-state index contributed by atoms with van der Waals surface area (Å²) in [5.74, 6) is -0.812. The van der Waals surface area contributed by atoms with Gasteiger partial charge < -0.3 is 5.32 Å². The lowest BCUT2D eigenvalue weighted by Gasteiger charge is -2.30. The smallest absolute Gasteiger partial charge is 0.247 e. The van der Waals surface area contributed by atoms with E-state index in [9.17, 15) is 17.6 Å². The van der Waals surface area contributed by atoms with E-state index < -0.39 is 9.84 Å². The average molecular weight is 337 g/mol. The third kappa shape index (κ3) is 3.47. The topological polar surface area (TPSA) is 63.2 Å². The van der Waals surface area contributed by atoms with Crippen LogP contribution in [-0.2, 0) is 20.0 Å². The van der Waals surface area contributed by atoms with Gasteiger partial charge in [-0.2, -0.15) is 0 Å². The van der Waals surface area contributed by atoms with Crippen LogP contribution in [0.1, 0.15) is 31.2 Å². The highest BCUT2D eigenvalue weighted by Crippen LogP contribution is 2.40. The molecule has 4 nitrogen and oxygen atoms in total. The van der Waals surface area contributed by atoms with Gasteiger partial charge in [-0.1, -0.05) is 31.1 Å². The fourth-order valence-electron chi connectivity index (χ4n) is 3.53. The normalized spacial score (nSPS) is 21.9. The summed E-state index contributed by atoms with van der Waals surface area (Å²) >= 11 is 0. The maximum absolute atomic E-state index is 13.2. The maximum atomic E-state index is 13.2. The lowest BCUT2D eigenvalue weighted by molar-refractivity contribution is -0.117. The van der Waals surface area contributed by atoms with Gasteiger partial charge in [0.25, 0.3) is 0 Å². The maximum Gasteiger partial charge on any atom is 0.247 e. The highest BCUT2D eigenvalue weighted by molar-refractivity contribution is 7.92. The Morgan fingerprint density at radius 2 is 1.83 bits per heavy atom. The van der Waals surface area contributed by atoms with Crippen molar-refractivity contribution in [2.45, 2.75) is 31.1 Å². The Kier molecular flexibility index (Phi) is 4.27. The van der Waals surface area contributed by atoms with Gasteiger partial charge in [0.05, 0.1) is 11.5 Å². The summed E-state index contributed by atoms with van der Waals surface area (Å²) < 4.78 is 36.1. The molecular formula is C17H20FNO3S. The van der Waals surface area contributed by atoms with E-state index in [1.54, 1.807) is 12.1 Å². The Morgan fingerprint density at radius 3 is 2.39 bits per heavy atom. The SMILES string of the molecule is O=C(NCC1(c2ccc(F)cc2)CCCC1)C1=CCS(=O)(=O)C1. The highest BCUT2D eigenvalue weighted by Gasteiger charge is 2.36. The Morgan fingerprint density at radius 1 is 1.17 bits per heavy atom. The van der Waals surface area contributed by atoms with E-state index in [0.717, 1.165) is 31.2 Å². The first kappa shape index (κ1) is 16.2. The predicted molar refractivity (Wildman–Crippen MR) is 86.3 cm³/mol. The summed E-state index contributed by atoms with van der Waals surface area (Å²) in [5, 5.41) is 2.89. The van der Waals surface area contributed by atoms with Crippen molar-refractivity contribution in [3.8, 4) is 0 Å². The van der Waals surface area contributed by atoms with E-state index >= 15 is 0 Å². The molecule has 1 N–H and O–H groups in total. The van der Waals surface area contributed by atoms with E-state index in [1.165, 1.54) is 18.2 Å². The van der Waals surface area contributed by atoms with Crippen LogP contribution in [0.25, 0.3) is 0 Å². The highest BCUT2D eigenvalue weighted by atomic mass is 32.2. The van der Waals surface area contributed by atoms with Crippen LogP contribution < -0.4 is 5.32 Å². The molecule has 0 atom stereocenters. The summed E-state index contributed by atoms with van der Waals surface area (Å²) in [5.41, 5.74) is 1.18. The molecule has 0 saturated heterocycles. The molecule has 1 fully saturated rings. The minimum atomic E-state index is -3.15. The number of benzene rings is 1. The molecule has 1 aromatic rings. The molecule has 0 unspecified atom stereocenters. The minimum absolute atomic E-state index is 0.0567. The fraction of sp³-hybridized carbons (Fsp3) is 0.471. The monoisotopic (exact) mass is 337 g/mol. The van der Waals surface area contributed by atoms with E-state index in [2.05, 4.69) is 5.32 Å². The van der Waals surface area contributed by atoms with Crippen molar-refractivity contribution in [3.63, 3.8) is 0 Å². The van der Waals surface area contributed by atoms with Crippen LogP contribution in [0.2, 0.25) is 0 Å². The van der Waals surface area contributed by atoms with E-state index in [0.29, 0.717) is 12.1 Å².